The Morgan fingerprint density at radius 2 is 0.896 bits per heavy atom. The lowest BCUT2D eigenvalue weighted by atomic mass is 10.0. The molecule has 0 aliphatic carbocycles. The Hall–Kier alpha value is -1.18. The third-order valence-electron chi connectivity index (χ3n) is 9.38. The number of nitrogens with one attached hydrogen (secondary N) is 1. The number of hydrogen-bond donors (Lipinski definition) is 3. The van der Waals surface area contributed by atoms with E-state index in [1.807, 2.05) is 6.08 Å². The minimum Gasteiger partial charge on any atom is -0.387 e. The Balaban J connectivity index is 3.94. The van der Waals surface area contributed by atoms with Gasteiger partial charge >= 0.3 is 0 Å². The number of aliphatic hydroxyl groups excluding tert-OH is 1. The van der Waals surface area contributed by atoms with Crippen LogP contribution in [0.25, 0.3) is 0 Å². The second-order valence-electron chi connectivity index (χ2n) is 14.3. The molecule has 0 heterocycles. The van der Waals surface area contributed by atoms with Gasteiger partial charge in [-0.15, -0.1) is 0 Å². The van der Waals surface area contributed by atoms with Crippen LogP contribution in [-0.2, 0) is 14.9 Å². The van der Waals surface area contributed by atoms with E-state index in [-0.39, 0.29) is 5.91 Å². The highest BCUT2D eigenvalue weighted by Gasteiger charge is 2.24. The molecule has 0 saturated carbocycles. The van der Waals surface area contributed by atoms with Gasteiger partial charge in [0.2, 0.25) is 5.91 Å². The molecule has 0 aromatic carbocycles. The Bertz CT molecular complexity index is 857. The van der Waals surface area contributed by atoms with E-state index in [1.54, 1.807) is 0 Å². The highest BCUT2D eigenvalue weighted by molar-refractivity contribution is 7.85. The van der Waals surface area contributed by atoms with Crippen LogP contribution in [0, 0.1) is 0 Å². The first-order chi connectivity index (χ1) is 23.3. The summed E-state index contributed by atoms with van der Waals surface area (Å²) in [5.41, 5.74) is 0. The fraction of sp³-hybridized carbons (Fsp3) is 0.878. The average molecular weight is 698 g/mol. The molecular weight excluding hydrogens is 619 g/mol. The van der Waals surface area contributed by atoms with Crippen molar-refractivity contribution in [3.63, 3.8) is 0 Å². The van der Waals surface area contributed by atoms with E-state index >= 15 is 0 Å². The quantitative estimate of drug-likeness (QED) is 0.0340. The van der Waals surface area contributed by atoms with Crippen molar-refractivity contribution in [2.75, 3.05) is 5.75 Å². The molecule has 7 heteroatoms. The lowest BCUT2D eigenvalue weighted by molar-refractivity contribution is -0.122. The topological polar surface area (TPSA) is 104 Å². The number of aliphatic hydroxyl groups is 1. The molecule has 0 bridgehead atoms. The van der Waals surface area contributed by atoms with Gasteiger partial charge < -0.3 is 10.4 Å². The molecule has 0 rings (SSSR count). The zero-order valence-corrected chi connectivity index (χ0v) is 32.4. The second-order valence-corrected chi connectivity index (χ2v) is 15.8. The van der Waals surface area contributed by atoms with Crippen LogP contribution in [0.3, 0.4) is 0 Å². The van der Waals surface area contributed by atoms with Crippen LogP contribution < -0.4 is 5.32 Å². The van der Waals surface area contributed by atoms with Gasteiger partial charge in [0.25, 0.3) is 10.1 Å². The predicted molar refractivity (Wildman–Crippen MR) is 207 cm³/mol. The third-order valence-corrected chi connectivity index (χ3v) is 10.2. The lowest BCUT2D eigenvalue weighted by Crippen LogP contribution is -2.46. The van der Waals surface area contributed by atoms with Crippen LogP contribution in [0.4, 0.5) is 0 Å². The van der Waals surface area contributed by atoms with E-state index in [1.165, 1.54) is 160 Å². The number of carbonyl (C=O) groups is 1. The van der Waals surface area contributed by atoms with Gasteiger partial charge in [-0.25, -0.2) is 0 Å². The molecule has 284 valence electrons. The molecule has 2 unspecified atom stereocenters. The van der Waals surface area contributed by atoms with Gasteiger partial charge in [0.1, 0.15) is 0 Å². The molecule has 6 nitrogen and oxygen atoms in total. The van der Waals surface area contributed by atoms with Crippen molar-refractivity contribution < 1.29 is 22.9 Å². The summed E-state index contributed by atoms with van der Waals surface area (Å²) in [5, 5.41) is 13.2. The van der Waals surface area contributed by atoms with Crippen molar-refractivity contribution in [2.24, 2.45) is 0 Å². The fourth-order valence-electron chi connectivity index (χ4n) is 6.29. The Labute approximate surface area is 298 Å². The maximum atomic E-state index is 12.5. The molecule has 0 radical (unpaired) electrons. The van der Waals surface area contributed by atoms with Crippen LogP contribution in [0.5, 0.6) is 0 Å². The molecule has 0 aliphatic rings. The van der Waals surface area contributed by atoms with Gasteiger partial charge in [-0.05, 0) is 32.1 Å². The van der Waals surface area contributed by atoms with Crippen LogP contribution in [-0.4, -0.2) is 41.9 Å². The summed E-state index contributed by atoms with van der Waals surface area (Å²) in [7, 11) is -4.35. The average Bonchev–Trinajstić information content (AvgIpc) is 3.05. The van der Waals surface area contributed by atoms with Gasteiger partial charge in [-0.2, -0.15) is 8.42 Å². The van der Waals surface area contributed by atoms with Crippen molar-refractivity contribution in [2.45, 2.75) is 225 Å². The molecular formula is C41H79NO5S. The highest BCUT2D eigenvalue weighted by atomic mass is 32.2. The monoisotopic (exact) mass is 698 g/mol. The van der Waals surface area contributed by atoms with Gasteiger partial charge in [-0.1, -0.05) is 199 Å². The molecule has 1 amide bonds. The Morgan fingerprint density at radius 1 is 0.542 bits per heavy atom. The minimum absolute atomic E-state index is 0.285. The SMILES string of the molecule is CCCCCCCCCCCC/C=C/CC/C=C/C(O)C(CS(=O)(=O)O)NC(=O)CCCCCCCCCCCCCCCCCCC. The maximum absolute atomic E-state index is 12.5. The van der Waals surface area contributed by atoms with Crippen molar-refractivity contribution in [1.29, 1.82) is 0 Å². The number of unbranched alkanes of at least 4 members (excludes halogenated alkanes) is 27. The van der Waals surface area contributed by atoms with Crippen LogP contribution >= 0.6 is 0 Å². The maximum Gasteiger partial charge on any atom is 0.267 e. The molecule has 2 atom stereocenters. The summed E-state index contributed by atoms with van der Waals surface area (Å²) in [6, 6.07) is -1.07. The van der Waals surface area contributed by atoms with E-state index in [4.69, 9.17) is 0 Å². The number of rotatable bonds is 37. The van der Waals surface area contributed by atoms with Gasteiger partial charge in [0.15, 0.2) is 0 Å². The molecule has 0 aliphatic heterocycles. The van der Waals surface area contributed by atoms with Crippen LogP contribution in [0.1, 0.15) is 213 Å². The minimum atomic E-state index is -4.35. The van der Waals surface area contributed by atoms with E-state index in [9.17, 15) is 22.9 Å². The molecule has 0 aromatic rings. The molecule has 48 heavy (non-hydrogen) atoms. The number of hydrogen-bond acceptors (Lipinski definition) is 4. The summed E-state index contributed by atoms with van der Waals surface area (Å²) in [4.78, 5) is 12.5. The summed E-state index contributed by atoms with van der Waals surface area (Å²) >= 11 is 0. The van der Waals surface area contributed by atoms with Gasteiger partial charge in [0.05, 0.1) is 17.9 Å². The third kappa shape index (κ3) is 36.1. The zero-order valence-electron chi connectivity index (χ0n) is 31.6. The van der Waals surface area contributed by atoms with Crippen molar-refractivity contribution in [3.8, 4) is 0 Å². The van der Waals surface area contributed by atoms with E-state index < -0.39 is 28.0 Å². The Morgan fingerprint density at radius 3 is 1.31 bits per heavy atom. The smallest absolute Gasteiger partial charge is 0.267 e. The van der Waals surface area contributed by atoms with E-state index in [2.05, 4.69) is 31.3 Å². The summed E-state index contributed by atoms with van der Waals surface area (Å²) in [6.45, 7) is 4.52. The number of carbonyl (C=O) groups excluding carboxylic acids is 1. The first-order valence-corrected chi connectivity index (χ1v) is 22.1. The summed E-state index contributed by atoms with van der Waals surface area (Å²) in [6.07, 6.45) is 44.5. The molecule has 3 N–H and O–H groups in total. The molecule has 0 aromatic heterocycles. The zero-order chi connectivity index (χ0) is 35.4. The van der Waals surface area contributed by atoms with E-state index in [0.29, 0.717) is 6.42 Å². The first kappa shape index (κ1) is 46.8. The first-order valence-electron chi connectivity index (χ1n) is 20.5. The van der Waals surface area contributed by atoms with Crippen molar-refractivity contribution >= 4 is 16.0 Å². The van der Waals surface area contributed by atoms with Crippen molar-refractivity contribution in [1.82, 2.24) is 5.32 Å². The van der Waals surface area contributed by atoms with Crippen LogP contribution in [0.2, 0.25) is 0 Å². The number of amides is 1. The normalized spacial score (nSPS) is 13.5. The summed E-state index contributed by atoms with van der Waals surface area (Å²) < 4.78 is 32.4. The van der Waals surface area contributed by atoms with Gasteiger partial charge in [0, 0.05) is 6.42 Å². The molecule has 0 fully saturated rings. The van der Waals surface area contributed by atoms with E-state index in [0.717, 1.165) is 38.5 Å². The number of allylic oxidation sites excluding steroid dienone is 3. The lowest BCUT2D eigenvalue weighted by Gasteiger charge is -2.21. The van der Waals surface area contributed by atoms with Crippen molar-refractivity contribution in [3.05, 3.63) is 24.3 Å². The largest absolute Gasteiger partial charge is 0.387 e. The Kier molecular flexibility index (Phi) is 34.8. The van der Waals surface area contributed by atoms with Gasteiger partial charge in [-0.3, -0.25) is 9.35 Å². The predicted octanol–water partition coefficient (Wildman–Crippen LogP) is 12.0. The molecule has 0 saturated heterocycles. The summed E-state index contributed by atoms with van der Waals surface area (Å²) in [5.74, 6) is -0.992. The second kappa shape index (κ2) is 35.6. The van der Waals surface area contributed by atoms with Crippen LogP contribution in [0.15, 0.2) is 24.3 Å². The standard InChI is InChI=1S/C41H79NO5S/c1-3-5-7-9-11-13-15-17-19-21-23-25-27-29-31-33-35-37-41(44)42-39(38-48(45,46)47)40(43)36-34-32-30-28-26-24-22-20-18-16-14-12-10-8-6-4-2/h26,28,34,36,39-40,43H,3-25,27,29-33,35,37-38H2,1-2H3,(H,42,44)(H,45,46,47)/b28-26+,36-34+. The fourth-order valence-corrected chi connectivity index (χ4v) is 7.02. The molecule has 0 spiro atoms. The highest BCUT2D eigenvalue weighted by Crippen LogP contribution is 2.15.